The SMILES string of the molecule is CCc1ccccc1.O=C1CCc2cc(OCCCCC(=O)N3CCNCC3)ccc2N1. The molecule has 0 aliphatic carbocycles. The summed E-state index contributed by atoms with van der Waals surface area (Å²) in [4.78, 5) is 25.3. The van der Waals surface area contributed by atoms with Crippen LogP contribution in [0.4, 0.5) is 5.69 Å². The van der Waals surface area contributed by atoms with Crippen molar-refractivity contribution in [3.8, 4) is 5.75 Å². The zero-order chi connectivity index (χ0) is 22.6. The zero-order valence-corrected chi connectivity index (χ0v) is 19.1. The number of hydrogen-bond donors (Lipinski definition) is 2. The standard InChI is InChI=1S/C18H25N3O3.C8H10/c22-17-7-4-14-13-15(5-6-16(14)20-17)24-12-2-1-3-18(23)21-10-8-19-9-11-21;1-2-8-6-4-3-5-7-8/h5-6,13,19H,1-4,7-12H2,(H,20,22);3-7H,2H2,1H3. The number of hydrogen-bond acceptors (Lipinski definition) is 4. The molecule has 0 radical (unpaired) electrons. The Morgan fingerprint density at radius 1 is 1.03 bits per heavy atom. The largest absolute Gasteiger partial charge is 0.494 e. The molecule has 1 saturated heterocycles. The number of aryl methyl sites for hydroxylation is 2. The van der Waals surface area contributed by atoms with E-state index in [2.05, 4.69) is 41.8 Å². The van der Waals surface area contributed by atoms with Crippen molar-refractivity contribution in [2.75, 3.05) is 38.1 Å². The van der Waals surface area contributed by atoms with Gasteiger partial charge in [-0.1, -0.05) is 37.3 Å². The lowest BCUT2D eigenvalue weighted by atomic mass is 10.0. The zero-order valence-electron chi connectivity index (χ0n) is 19.1. The minimum Gasteiger partial charge on any atom is -0.494 e. The summed E-state index contributed by atoms with van der Waals surface area (Å²) >= 11 is 0. The van der Waals surface area contributed by atoms with Crippen LogP contribution in [0.5, 0.6) is 5.75 Å². The van der Waals surface area contributed by atoms with E-state index in [1.54, 1.807) is 0 Å². The van der Waals surface area contributed by atoms with Crippen molar-refractivity contribution in [1.29, 1.82) is 0 Å². The molecule has 0 saturated carbocycles. The Labute approximate surface area is 191 Å². The van der Waals surface area contributed by atoms with Gasteiger partial charge in [0.15, 0.2) is 0 Å². The molecule has 172 valence electrons. The number of carbonyl (C=O) groups is 2. The van der Waals surface area contributed by atoms with E-state index in [4.69, 9.17) is 4.74 Å². The molecule has 32 heavy (non-hydrogen) atoms. The normalized spacial score (nSPS) is 15.2. The van der Waals surface area contributed by atoms with Crippen LogP contribution in [0, 0.1) is 0 Å². The number of nitrogens with zero attached hydrogens (tertiary/aromatic N) is 1. The first-order valence-corrected chi connectivity index (χ1v) is 11.7. The second-order valence-electron chi connectivity index (χ2n) is 8.14. The molecule has 0 atom stereocenters. The lowest BCUT2D eigenvalue weighted by Crippen LogP contribution is -2.46. The molecule has 0 aromatic heterocycles. The number of ether oxygens (including phenoxy) is 1. The van der Waals surface area contributed by atoms with Crippen molar-refractivity contribution < 1.29 is 14.3 Å². The van der Waals surface area contributed by atoms with Crippen LogP contribution in [0.15, 0.2) is 48.5 Å². The van der Waals surface area contributed by atoms with Gasteiger partial charge < -0.3 is 20.3 Å². The predicted octanol–water partition coefficient (Wildman–Crippen LogP) is 3.80. The number of unbranched alkanes of at least 4 members (excludes halogenated alkanes) is 1. The van der Waals surface area contributed by atoms with Crippen LogP contribution in [0.3, 0.4) is 0 Å². The molecule has 2 aromatic carbocycles. The molecular formula is C26H35N3O3. The number of rotatable bonds is 7. The number of nitrogens with one attached hydrogen (secondary N) is 2. The van der Waals surface area contributed by atoms with Crippen molar-refractivity contribution in [1.82, 2.24) is 10.2 Å². The summed E-state index contributed by atoms with van der Waals surface area (Å²) in [5.74, 6) is 1.16. The molecule has 6 nitrogen and oxygen atoms in total. The summed E-state index contributed by atoms with van der Waals surface area (Å²) in [6.45, 7) is 6.21. The second-order valence-corrected chi connectivity index (χ2v) is 8.14. The van der Waals surface area contributed by atoms with Crippen LogP contribution in [-0.4, -0.2) is 49.5 Å². The van der Waals surface area contributed by atoms with Gasteiger partial charge in [-0.3, -0.25) is 9.59 Å². The fourth-order valence-corrected chi connectivity index (χ4v) is 3.80. The quantitative estimate of drug-likeness (QED) is 0.647. The van der Waals surface area contributed by atoms with Crippen molar-refractivity contribution >= 4 is 17.5 Å². The maximum absolute atomic E-state index is 12.0. The van der Waals surface area contributed by atoms with Gasteiger partial charge in [0, 0.05) is 44.7 Å². The average Bonchev–Trinajstić information content (AvgIpc) is 2.85. The van der Waals surface area contributed by atoms with Crippen LogP contribution >= 0.6 is 0 Å². The Kier molecular flexibility index (Phi) is 9.57. The molecule has 6 heteroatoms. The van der Waals surface area contributed by atoms with Crippen molar-refractivity contribution in [3.05, 3.63) is 59.7 Å². The maximum Gasteiger partial charge on any atom is 0.224 e. The molecule has 2 aromatic rings. The van der Waals surface area contributed by atoms with E-state index in [0.717, 1.165) is 68.9 Å². The highest BCUT2D eigenvalue weighted by molar-refractivity contribution is 5.94. The van der Waals surface area contributed by atoms with Crippen molar-refractivity contribution in [2.24, 2.45) is 0 Å². The van der Waals surface area contributed by atoms with Gasteiger partial charge in [0.25, 0.3) is 0 Å². The van der Waals surface area contributed by atoms with Gasteiger partial charge in [-0.25, -0.2) is 0 Å². The average molecular weight is 438 g/mol. The third-order valence-corrected chi connectivity index (χ3v) is 5.75. The lowest BCUT2D eigenvalue weighted by molar-refractivity contribution is -0.131. The summed E-state index contributed by atoms with van der Waals surface area (Å²) in [7, 11) is 0. The topological polar surface area (TPSA) is 70.7 Å². The van der Waals surface area contributed by atoms with Crippen LogP contribution in [0.1, 0.15) is 43.7 Å². The first-order chi connectivity index (χ1) is 15.7. The Morgan fingerprint density at radius 2 is 1.81 bits per heavy atom. The predicted molar refractivity (Wildman–Crippen MR) is 128 cm³/mol. The van der Waals surface area contributed by atoms with E-state index in [1.165, 1.54) is 5.56 Å². The fourth-order valence-electron chi connectivity index (χ4n) is 3.80. The Balaban J connectivity index is 0.000000305. The molecule has 4 rings (SSSR count). The molecule has 2 N–H and O–H groups in total. The molecular weight excluding hydrogens is 402 g/mol. The van der Waals surface area contributed by atoms with Gasteiger partial charge in [0.05, 0.1) is 6.61 Å². The monoisotopic (exact) mass is 437 g/mol. The smallest absolute Gasteiger partial charge is 0.224 e. The number of fused-ring (bicyclic) bond motifs is 1. The first-order valence-electron chi connectivity index (χ1n) is 11.7. The summed E-state index contributed by atoms with van der Waals surface area (Å²) in [6.07, 6.45) is 4.75. The van der Waals surface area contributed by atoms with Gasteiger partial charge in [0.1, 0.15) is 5.75 Å². The number of carbonyl (C=O) groups excluding carboxylic acids is 2. The number of amides is 2. The summed E-state index contributed by atoms with van der Waals surface area (Å²) < 4.78 is 5.78. The minimum absolute atomic E-state index is 0.0744. The van der Waals surface area contributed by atoms with Crippen molar-refractivity contribution in [2.45, 2.75) is 45.4 Å². The molecule has 0 bridgehead atoms. The van der Waals surface area contributed by atoms with Crippen LogP contribution in [0.25, 0.3) is 0 Å². The molecule has 2 heterocycles. The third kappa shape index (κ3) is 7.68. The molecule has 2 aliphatic rings. The number of anilines is 1. The van der Waals surface area contributed by atoms with E-state index < -0.39 is 0 Å². The maximum atomic E-state index is 12.0. The Bertz CT molecular complexity index is 864. The second kappa shape index (κ2) is 12.9. The highest BCUT2D eigenvalue weighted by Gasteiger charge is 2.16. The fraction of sp³-hybridized carbons (Fsp3) is 0.462. The summed E-state index contributed by atoms with van der Waals surface area (Å²) in [5, 5.41) is 6.12. The van der Waals surface area contributed by atoms with Gasteiger partial charge in [-0.2, -0.15) is 0 Å². The third-order valence-electron chi connectivity index (χ3n) is 5.75. The van der Waals surface area contributed by atoms with Crippen LogP contribution in [0.2, 0.25) is 0 Å². The van der Waals surface area contributed by atoms with Gasteiger partial charge >= 0.3 is 0 Å². The van der Waals surface area contributed by atoms with E-state index in [1.807, 2.05) is 29.2 Å². The Morgan fingerprint density at radius 3 is 2.53 bits per heavy atom. The highest BCUT2D eigenvalue weighted by atomic mass is 16.5. The van der Waals surface area contributed by atoms with Crippen molar-refractivity contribution in [3.63, 3.8) is 0 Å². The molecule has 0 unspecified atom stereocenters. The number of piperazine rings is 1. The molecule has 2 amide bonds. The van der Waals surface area contributed by atoms with E-state index in [-0.39, 0.29) is 11.8 Å². The van der Waals surface area contributed by atoms with Crippen LogP contribution in [-0.2, 0) is 22.4 Å². The molecule has 2 aliphatic heterocycles. The number of benzene rings is 2. The van der Waals surface area contributed by atoms with Gasteiger partial charge in [0.2, 0.25) is 11.8 Å². The first kappa shape index (κ1) is 23.8. The summed E-state index contributed by atoms with van der Waals surface area (Å²) in [6, 6.07) is 16.2. The summed E-state index contributed by atoms with van der Waals surface area (Å²) in [5.41, 5.74) is 3.42. The lowest BCUT2D eigenvalue weighted by Gasteiger charge is -2.27. The van der Waals surface area contributed by atoms with E-state index >= 15 is 0 Å². The molecule has 0 spiro atoms. The van der Waals surface area contributed by atoms with E-state index in [9.17, 15) is 9.59 Å². The van der Waals surface area contributed by atoms with E-state index in [0.29, 0.717) is 19.4 Å². The van der Waals surface area contributed by atoms with Gasteiger partial charge in [-0.15, -0.1) is 0 Å². The minimum atomic E-state index is 0.0744. The molecule has 1 fully saturated rings. The van der Waals surface area contributed by atoms with Gasteiger partial charge in [-0.05, 0) is 55.0 Å². The Hall–Kier alpha value is -2.86. The van der Waals surface area contributed by atoms with Crippen LogP contribution < -0.4 is 15.4 Å². The highest BCUT2D eigenvalue weighted by Crippen LogP contribution is 2.26.